The highest BCUT2D eigenvalue weighted by Gasteiger charge is 2.32. The molecule has 3 rings (SSSR count). The van der Waals surface area contributed by atoms with E-state index in [0.717, 1.165) is 16.8 Å². The molecule has 1 amide bonds. The van der Waals surface area contributed by atoms with Crippen molar-refractivity contribution in [1.82, 2.24) is 10.2 Å². The predicted octanol–water partition coefficient (Wildman–Crippen LogP) is 2.59. The number of aromatic nitrogens is 2. The van der Waals surface area contributed by atoms with Crippen molar-refractivity contribution in [2.24, 2.45) is 0 Å². The van der Waals surface area contributed by atoms with Gasteiger partial charge in [-0.05, 0) is 31.5 Å². The topological polar surface area (TPSA) is 78.0 Å². The number of hydrogen-bond donors (Lipinski definition) is 3. The summed E-state index contributed by atoms with van der Waals surface area (Å²) >= 11 is 1.58. The van der Waals surface area contributed by atoms with Crippen molar-refractivity contribution in [2.45, 2.75) is 24.3 Å². The van der Waals surface area contributed by atoms with Crippen LogP contribution in [0.25, 0.3) is 0 Å². The monoisotopic (exact) mass is 289 g/mol. The van der Waals surface area contributed by atoms with Crippen LogP contribution in [0.15, 0.2) is 24.3 Å². The van der Waals surface area contributed by atoms with E-state index in [1.807, 2.05) is 26.0 Å². The van der Waals surface area contributed by atoms with Gasteiger partial charge in [-0.1, -0.05) is 12.1 Å². The van der Waals surface area contributed by atoms with E-state index in [1.165, 1.54) is 0 Å². The summed E-state index contributed by atoms with van der Waals surface area (Å²) in [7, 11) is 0. The third kappa shape index (κ3) is 2.16. The van der Waals surface area contributed by atoms with Crippen molar-refractivity contribution in [3.05, 3.63) is 41.1 Å². The molecular weight excluding hydrogens is 274 g/mol. The summed E-state index contributed by atoms with van der Waals surface area (Å²) in [6, 6.07) is 7.09. The molecule has 0 unspecified atom stereocenters. The zero-order valence-electron chi connectivity index (χ0n) is 11.2. The van der Waals surface area contributed by atoms with Crippen LogP contribution in [0.4, 0.5) is 5.82 Å². The molecule has 0 saturated carbocycles. The van der Waals surface area contributed by atoms with E-state index >= 15 is 0 Å². The Labute approximate surface area is 120 Å². The van der Waals surface area contributed by atoms with Gasteiger partial charge in [-0.3, -0.25) is 9.89 Å². The van der Waals surface area contributed by atoms with Gasteiger partial charge >= 0.3 is 0 Å². The molecule has 0 spiro atoms. The summed E-state index contributed by atoms with van der Waals surface area (Å²) in [6.07, 6.45) is 0. The molecule has 1 aromatic heterocycles. The SMILES string of the molecule is Cc1[nH]nc2c1[C@@H](c1ccc(O)cc1)S[C@@H](C)C(=O)N2. The maximum atomic E-state index is 12.0. The first-order valence-corrected chi connectivity index (χ1v) is 7.30. The molecule has 5 nitrogen and oxygen atoms in total. The van der Waals surface area contributed by atoms with E-state index in [0.29, 0.717) is 5.82 Å². The molecule has 6 heteroatoms. The Hall–Kier alpha value is -1.95. The quantitative estimate of drug-likeness (QED) is 0.754. The number of phenolic OH excluding ortho intramolecular Hbond substituents is 1. The standard InChI is InChI=1S/C14H15N3O2S/c1-7-11-12(9-3-5-10(18)6-4-9)20-8(2)14(19)15-13(11)17-16-7/h3-6,8,12,18H,1-2H3,(H2,15,16,17,19)/t8-,12+/m0/s1. The summed E-state index contributed by atoms with van der Waals surface area (Å²) in [5.74, 6) is 0.796. The van der Waals surface area contributed by atoms with Gasteiger partial charge in [0.1, 0.15) is 5.75 Å². The van der Waals surface area contributed by atoms with Crippen LogP contribution in [0, 0.1) is 6.92 Å². The van der Waals surface area contributed by atoms with Gasteiger partial charge in [0.05, 0.1) is 10.5 Å². The third-order valence-corrected chi connectivity index (χ3v) is 4.81. The second kappa shape index (κ2) is 4.86. The molecule has 0 fully saturated rings. The van der Waals surface area contributed by atoms with Gasteiger partial charge in [0, 0.05) is 11.3 Å². The number of H-pyrrole nitrogens is 1. The van der Waals surface area contributed by atoms with E-state index in [4.69, 9.17) is 0 Å². The zero-order valence-corrected chi connectivity index (χ0v) is 12.0. The number of nitrogens with zero attached hydrogens (tertiary/aromatic N) is 1. The minimum absolute atomic E-state index is 0.0123. The van der Waals surface area contributed by atoms with E-state index < -0.39 is 0 Å². The van der Waals surface area contributed by atoms with E-state index in [1.54, 1.807) is 23.9 Å². The molecule has 20 heavy (non-hydrogen) atoms. The molecule has 0 aliphatic carbocycles. The first-order chi connectivity index (χ1) is 9.56. The first-order valence-electron chi connectivity index (χ1n) is 6.36. The van der Waals surface area contributed by atoms with Crippen LogP contribution in [-0.2, 0) is 4.79 Å². The summed E-state index contributed by atoms with van der Waals surface area (Å²) in [6.45, 7) is 3.83. The fourth-order valence-corrected chi connectivity index (χ4v) is 3.63. The van der Waals surface area contributed by atoms with Gasteiger partial charge in [-0.15, -0.1) is 11.8 Å². The summed E-state index contributed by atoms with van der Waals surface area (Å²) in [5, 5.41) is 19.2. The Kier molecular flexibility index (Phi) is 3.17. The Morgan fingerprint density at radius 1 is 1.30 bits per heavy atom. The van der Waals surface area contributed by atoms with Gasteiger partial charge in [-0.25, -0.2) is 0 Å². The van der Waals surface area contributed by atoms with Gasteiger partial charge in [0.25, 0.3) is 0 Å². The van der Waals surface area contributed by atoms with Crippen LogP contribution in [0.3, 0.4) is 0 Å². The lowest BCUT2D eigenvalue weighted by Crippen LogP contribution is -2.21. The largest absolute Gasteiger partial charge is 0.508 e. The lowest BCUT2D eigenvalue weighted by atomic mass is 10.0. The van der Waals surface area contributed by atoms with Crippen LogP contribution in [0.1, 0.15) is 29.0 Å². The molecule has 0 radical (unpaired) electrons. The highest BCUT2D eigenvalue weighted by Crippen LogP contribution is 2.44. The molecule has 0 saturated heterocycles. The summed E-state index contributed by atoms with van der Waals surface area (Å²) < 4.78 is 0. The highest BCUT2D eigenvalue weighted by atomic mass is 32.2. The zero-order chi connectivity index (χ0) is 14.3. The number of anilines is 1. The molecule has 2 atom stereocenters. The molecule has 104 valence electrons. The maximum absolute atomic E-state index is 12.0. The van der Waals surface area contributed by atoms with E-state index in [9.17, 15) is 9.90 Å². The van der Waals surface area contributed by atoms with Gasteiger partial charge in [-0.2, -0.15) is 5.10 Å². The van der Waals surface area contributed by atoms with Gasteiger partial charge < -0.3 is 10.4 Å². The smallest absolute Gasteiger partial charge is 0.238 e. The van der Waals surface area contributed by atoms with Crippen molar-refractivity contribution in [1.29, 1.82) is 0 Å². The molecule has 2 aromatic rings. The number of aryl methyl sites for hydroxylation is 1. The molecule has 3 N–H and O–H groups in total. The fraction of sp³-hybridized carbons (Fsp3) is 0.286. The molecule has 1 aliphatic rings. The lowest BCUT2D eigenvalue weighted by molar-refractivity contribution is -0.115. The number of fused-ring (bicyclic) bond motifs is 1. The van der Waals surface area contributed by atoms with Crippen LogP contribution in [0.5, 0.6) is 5.75 Å². The number of aromatic amines is 1. The number of benzene rings is 1. The number of phenols is 1. The number of rotatable bonds is 1. The van der Waals surface area contributed by atoms with Gasteiger partial charge in [0.2, 0.25) is 5.91 Å². The lowest BCUT2D eigenvalue weighted by Gasteiger charge is -2.17. The number of carbonyl (C=O) groups excluding carboxylic acids is 1. The minimum Gasteiger partial charge on any atom is -0.508 e. The Bertz CT molecular complexity index is 651. The number of carbonyl (C=O) groups is 1. The maximum Gasteiger partial charge on any atom is 0.238 e. The first kappa shape index (κ1) is 13.1. The average molecular weight is 289 g/mol. The second-order valence-electron chi connectivity index (χ2n) is 4.85. The van der Waals surface area contributed by atoms with Crippen molar-refractivity contribution in [2.75, 3.05) is 5.32 Å². The number of hydrogen-bond acceptors (Lipinski definition) is 4. The molecule has 1 aromatic carbocycles. The van der Waals surface area contributed by atoms with Crippen molar-refractivity contribution < 1.29 is 9.90 Å². The molecule has 0 bridgehead atoms. The van der Waals surface area contributed by atoms with E-state index in [2.05, 4.69) is 15.5 Å². The molecule has 1 aliphatic heterocycles. The van der Waals surface area contributed by atoms with Crippen LogP contribution >= 0.6 is 11.8 Å². The van der Waals surface area contributed by atoms with Crippen LogP contribution < -0.4 is 5.32 Å². The second-order valence-corrected chi connectivity index (χ2v) is 6.30. The number of amides is 1. The normalized spacial score (nSPS) is 22.0. The van der Waals surface area contributed by atoms with Gasteiger partial charge in [0.15, 0.2) is 5.82 Å². The average Bonchev–Trinajstić information content (AvgIpc) is 2.71. The van der Waals surface area contributed by atoms with Crippen molar-refractivity contribution >= 4 is 23.5 Å². The van der Waals surface area contributed by atoms with Crippen molar-refractivity contribution in [3.63, 3.8) is 0 Å². The Morgan fingerprint density at radius 3 is 2.70 bits per heavy atom. The summed E-state index contributed by atoms with van der Waals surface area (Å²) in [4.78, 5) is 12.0. The number of aromatic hydroxyl groups is 1. The number of nitrogens with one attached hydrogen (secondary N) is 2. The minimum atomic E-state index is -0.164. The van der Waals surface area contributed by atoms with Crippen LogP contribution in [-0.4, -0.2) is 26.5 Å². The van der Waals surface area contributed by atoms with Crippen molar-refractivity contribution in [3.8, 4) is 5.75 Å². The highest BCUT2D eigenvalue weighted by molar-refractivity contribution is 8.01. The van der Waals surface area contributed by atoms with E-state index in [-0.39, 0.29) is 22.2 Å². The number of thioether (sulfide) groups is 1. The Balaban J connectivity index is 2.10. The molecular formula is C14H15N3O2S. The Morgan fingerprint density at radius 2 is 2.00 bits per heavy atom. The predicted molar refractivity (Wildman–Crippen MR) is 79.0 cm³/mol. The third-order valence-electron chi connectivity index (χ3n) is 3.40. The fourth-order valence-electron chi connectivity index (χ4n) is 2.30. The van der Waals surface area contributed by atoms with Crippen LogP contribution in [0.2, 0.25) is 0 Å². The molecule has 2 heterocycles. The summed E-state index contributed by atoms with van der Waals surface area (Å²) in [5.41, 5.74) is 2.99.